The number of esters is 1. The standard InChI is InChI=1S/C26H31NO5/c1-5-16-31-24(29)21(17-19-12-8-6-9-13-19)23(28)22(18-20-14-10-7-11-15-20)27-25(30)32-26(2,3)4/h5-15,21-22H,1,16-18H2,2-4H3,(H,27,30)/t21?,22-/m0/s1. The molecule has 6 heteroatoms. The van der Waals surface area contributed by atoms with E-state index in [0.717, 1.165) is 11.1 Å². The molecule has 0 saturated heterocycles. The van der Waals surface area contributed by atoms with Gasteiger partial charge < -0.3 is 14.8 Å². The van der Waals surface area contributed by atoms with Crippen LogP contribution in [0.25, 0.3) is 0 Å². The van der Waals surface area contributed by atoms with Crippen molar-refractivity contribution in [2.75, 3.05) is 6.61 Å². The van der Waals surface area contributed by atoms with E-state index >= 15 is 0 Å². The number of amides is 1. The van der Waals surface area contributed by atoms with Crippen molar-refractivity contribution in [3.63, 3.8) is 0 Å². The summed E-state index contributed by atoms with van der Waals surface area (Å²) in [4.78, 5) is 38.8. The van der Waals surface area contributed by atoms with Crippen molar-refractivity contribution >= 4 is 17.8 Å². The first-order chi connectivity index (χ1) is 15.2. The van der Waals surface area contributed by atoms with Gasteiger partial charge in [-0.1, -0.05) is 73.3 Å². The van der Waals surface area contributed by atoms with E-state index in [1.807, 2.05) is 60.7 Å². The molecule has 0 spiro atoms. The van der Waals surface area contributed by atoms with E-state index in [0.29, 0.717) is 0 Å². The van der Waals surface area contributed by atoms with Crippen molar-refractivity contribution in [1.82, 2.24) is 5.32 Å². The van der Waals surface area contributed by atoms with Crippen molar-refractivity contribution in [2.24, 2.45) is 5.92 Å². The van der Waals surface area contributed by atoms with Gasteiger partial charge >= 0.3 is 12.1 Å². The van der Waals surface area contributed by atoms with Gasteiger partial charge in [0, 0.05) is 0 Å². The number of rotatable bonds is 10. The van der Waals surface area contributed by atoms with Crippen LogP contribution in [-0.4, -0.2) is 36.1 Å². The molecule has 0 aliphatic rings. The summed E-state index contributed by atoms with van der Waals surface area (Å²) >= 11 is 0. The Kier molecular flexibility index (Phi) is 9.20. The highest BCUT2D eigenvalue weighted by Gasteiger charge is 2.35. The van der Waals surface area contributed by atoms with Crippen LogP contribution in [-0.2, 0) is 31.9 Å². The summed E-state index contributed by atoms with van der Waals surface area (Å²) in [5.41, 5.74) is 0.938. The minimum absolute atomic E-state index is 0.000247. The first-order valence-corrected chi connectivity index (χ1v) is 10.6. The number of ether oxygens (including phenoxy) is 2. The maximum absolute atomic E-state index is 13.6. The Morgan fingerprint density at radius 1 is 0.938 bits per heavy atom. The van der Waals surface area contributed by atoms with Crippen LogP contribution in [0.2, 0.25) is 0 Å². The van der Waals surface area contributed by atoms with Crippen molar-refractivity contribution in [1.29, 1.82) is 0 Å². The second kappa shape index (κ2) is 11.8. The predicted molar refractivity (Wildman–Crippen MR) is 123 cm³/mol. The largest absolute Gasteiger partial charge is 0.461 e. The van der Waals surface area contributed by atoms with Crippen LogP contribution in [0, 0.1) is 5.92 Å². The summed E-state index contributed by atoms with van der Waals surface area (Å²) in [7, 11) is 0. The molecule has 0 bridgehead atoms. The number of nitrogens with one attached hydrogen (secondary N) is 1. The average Bonchev–Trinajstić information content (AvgIpc) is 2.75. The Bertz CT molecular complexity index is 903. The Labute approximate surface area is 189 Å². The molecule has 0 aliphatic carbocycles. The summed E-state index contributed by atoms with van der Waals surface area (Å²) < 4.78 is 10.6. The lowest BCUT2D eigenvalue weighted by Crippen LogP contribution is -2.48. The van der Waals surface area contributed by atoms with Crippen LogP contribution in [0.5, 0.6) is 0 Å². The van der Waals surface area contributed by atoms with Crippen LogP contribution in [0.4, 0.5) is 4.79 Å². The number of carbonyl (C=O) groups is 3. The lowest BCUT2D eigenvalue weighted by Gasteiger charge is -2.25. The lowest BCUT2D eigenvalue weighted by molar-refractivity contribution is -0.151. The zero-order chi connectivity index (χ0) is 23.6. The molecular formula is C26H31NO5. The fourth-order valence-corrected chi connectivity index (χ4v) is 3.16. The van der Waals surface area contributed by atoms with E-state index in [2.05, 4.69) is 11.9 Å². The first-order valence-electron chi connectivity index (χ1n) is 10.6. The highest BCUT2D eigenvalue weighted by molar-refractivity contribution is 6.03. The Morgan fingerprint density at radius 2 is 1.47 bits per heavy atom. The normalized spacial score (nSPS) is 12.8. The highest BCUT2D eigenvalue weighted by Crippen LogP contribution is 2.17. The fourth-order valence-electron chi connectivity index (χ4n) is 3.16. The minimum atomic E-state index is -1.08. The molecule has 0 heterocycles. The second-order valence-electron chi connectivity index (χ2n) is 8.45. The van der Waals surface area contributed by atoms with E-state index < -0.39 is 35.4 Å². The van der Waals surface area contributed by atoms with Gasteiger partial charge in [-0.2, -0.15) is 0 Å². The Balaban J connectivity index is 2.31. The van der Waals surface area contributed by atoms with Gasteiger partial charge in [0.2, 0.25) is 0 Å². The third-order valence-corrected chi connectivity index (χ3v) is 4.57. The van der Waals surface area contributed by atoms with Gasteiger partial charge in [-0.25, -0.2) is 4.79 Å². The molecule has 0 aliphatic heterocycles. The molecule has 32 heavy (non-hydrogen) atoms. The molecule has 0 saturated carbocycles. The van der Waals surface area contributed by atoms with Crippen LogP contribution >= 0.6 is 0 Å². The first kappa shape index (κ1) is 24.9. The number of hydrogen-bond donors (Lipinski definition) is 1. The number of Topliss-reactive ketones (excluding diaryl/α,β-unsaturated/α-hetero) is 1. The number of benzene rings is 2. The van der Waals surface area contributed by atoms with E-state index in [1.54, 1.807) is 20.8 Å². The molecular weight excluding hydrogens is 406 g/mol. The number of hydrogen-bond acceptors (Lipinski definition) is 5. The zero-order valence-corrected chi connectivity index (χ0v) is 18.9. The van der Waals surface area contributed by atoms with E-state index in [9.17, 15) is 14.4 Å². The van der Waals surface area contributed by atoms with Crippen molar-refractivity contribution in [2.45, 2.75) is 45.3 Å². The third kappa shape index (κ3) is 8.38. The smallest absolute Gasteiger partial charge is 0.408 e. The van der Waals surface area contributed by atoms with E-state index in [-0.39, 0.29) is 19.4 Å². The van der Waals surface area contributed by atoms with Crippen LogP contribution in [0.15, 0.2) is 73.3 Å². The number of ketones is 1. The molecule has 1 amide bonds. The third-order valence-electron chi connectivity index (χ3n) is 4.57. The van der Waals surface area contributed by atoms with E-state index in [4.69, 9.17) is 9.47 Å². The van der Waals surface area contributed by atoms with Crippen LogP contribution in [0.3, 0.4) is 0 Å². The molecule has 170 valence electrons. The van der Waals surface area contributed by atoms with Gasteiger partial charge in [0.15, 0.2) is 5.78 Å². The molecule has 1 N–H and O–H groups in total. The summed E-state index contributed by atoms with van der Waals surface area (Å²) in [6, 6.07) is 17.6. The molecule has 2 aromatic carbocycles. The number of alkyl carbamates (subject to hydrolysis) is 1. The topological polar surface area (TPSA) is 81.7 Å². The van der Waals surface area contributed by atoms with Gasteiger partial charge in [-0.15, -0.1) is 0 Å². The monoisotopic (exact) mass is 437 g/mol. The Hall–Kier alpha value is -3.41. The molecule has 0 radical (unpaired) electrons. The molecule has 6 nitrogen and oxygen atoms in total. The quantitative estimate of drug-likeness (QED) is 0.341. The van der Waals surface area contributed by atoms with Gasteiger partial charge in [-0.05, 0) is 44.7 Å². The lowest BCUT2D eigenvalue weighted by atomic mass is 9.88. The Morgan fingerprint density at radius 3 is 1.97 bits per heavy atom. The van der Waals surface area contributed by atoms with Crippen LogP contribution < -0.4 is 5.32 Å². The summed E-state index contributed by atoms with van der Waals surface area (Å²) in [5.74, 6) is -2.17. The predicted octanol–water partition coefficient (Wildman–Crippen LogP) is 4.28. The maximum Gasteiger partial charge on any atom is 0.408 e. The SMILES string of the molecule is C=CCOC(=O)C(Cc1ccccc1)C(=O)[C@H](Cc1ccccc1)NC(=O)OC(C)(C)C. The maximum atomic E-state index is 13.6. The van der Waals surface area contributed by atoms with Gasteiger partial charge in [0.25, 0.3) is 0 Å². The molecule has 0 aromatic heterocycles. The second-order valence-corrected chi connectivity index (χ2v) is 8.45. The van der Waals surface area contributed by atoms with Gasteiger partial charge in [0.1, 0.15) is 18.1 Å². The van der Waals surface area contributed by atoms with Gasteiger partial charge in [0.05, 0.1) is 6.04 Å². The van der Waals surface area contributed by atoms with Crippen molar-refractivity contribution in [3.8, 4) is 0 Å². The molecule has 2 aromatic rings. The van der Waals surface area contributed by atoms with Gasteiger partial charge in [-0.3, -0.25) is 9.59 Å². The fraction of sp³-hybridized carbons (Fsp3) is 0.346. The minimum Gasteiger partial charge on any atom is -0.461 e. The van der Waals surface area contributed by atoms with Crippen LogP contribution in [0.1, 0.15) is 31.9 Å². The number of carbonyl (C=O) groups excluding carboxylic acids is 3. The van der Waals surface area contributed by atoms with Crippen molar-refractivity contribution < 1.29 is 23.9 Å². The average molecular weight is 438 g/mol. The zero-order valence-electron chi connectivity index (χ0n) is 18.9. The summed E-state index contributed by atoms with van der Waals surface area (Å²) in [5, 5.41) is 2.66. The summed E-state index contributed by atoms with van der Waals surface area (Å²) in [6.45, 7) is 8.77. The highest BCUT2D eigenvalue weighted by atomic mass is 16.6. The molecule has 0 fully saturated rings. The summed E-state index contributed by atoms with van der Waals surface area (Å²) in [6.07, 6.45) is 1.11. The molecule has 2 atom stereocenters. The van der Waals surface area contributed by atoms with Crippen molar-refractivity contribution in [3.05, 3.63) is 84.4 Å². The van der Waals surface area contributed by atoms with E-state index in [1.165, 1.54) is 6.08 Å². The molecule has 2 rings (SSSR count). The molecule has 1 unspecified atom stereocenters.